The van der Waals surface area contributed by atoms with Gasteiger partial charge in [-0.15, -0.1) is 0 Å². The van der Waals surface area contributed by atoms with Crippen LogP contribution in [0.3, 0.4) is 0 Å². The highest BCUT2D eigenvalue weighted by molar-refractivity contribution is 6.34. The van der Waals surface area contributed by atoms with Gasteiger partial charge in [0.2, 0.25) is 0 Å². The molecule has 0 bridgehead atoms. The summed E-state index contributed by atoms with van der Waals surface area (Å²) in [5, 5.41) is 4.02. The number of rotatable bonds is 6. The number of hydrogen-bond donors (Lipinski definition) is 1. The number of amides is 1. The summed E-state index contributed by atoms with van der Waals surface area (Å²) >= 11 is 6.18. The molecule has 0 unspecified atom stereocenters. The van der Waals surface area contributed by atoms with Crippen LogP contribution < -0.4 is 5.32 Å². The van der Waals surface area contributed by atoms with Gasteiger partial charge in [-0.1, -0.05) is 36.7 Å². The van der Waals surface area contributed by atoms with E-state index in [1.165, 1.54) is 0 Å². The van der Waals surface area contributed by atoms with Gasteiger partial charge in [0.25, 0.3) is 5.91 Å². The van der Waals surface area contributed by atoms with Crippen LogP contribution in [0.5, 0.6) is 0 Å². The number of fused-ring (bicyclic) bond motifs is 1. The molecule has 6 heteroatoms. The molecule has 0 radical (unpaired) electrons. The van der Waals surface area contributed by atoms with Gasteiger partial charge >= 0.3 is 5.97 Å². The maximum Gasteiger partial charge on any atom is 0.310 e. The largest absolute Gasteiger partial charge is 0.464 e. The molecule has 3 rings (SSSR count). The molecule has 0 atom stereocenters. The third-order valence-corrected chi connectivity index (χ3v) is 4.82. The van der Waals surface area contributed by atoms with Crippen LogP contribution in [0.2, 0.25) is 5.02 Å². The number of carbonyl (C=O) groups is 2. The summed E-state index contributed by atoms with van der Waals surface area (Å²) in [6, 6.07) is 9.60. The van der Waals surface area contributed by atoms with Gasteiger partial charge in [0.05, 0.1) is 23.4 Å². The van der Waals surface area contributed by atoms with Crippen molar-refractivity contribution >= 4 is 40.1 Å². The average Bonchev–Trinajstić information content (AvgIpc) is 3.04. The second-order valence-corrected chi connectivity index (χ2v) is 7.18. The first-order chi connectivity index (χ1) is 13.4. The number of aryl methyl sites for hydroxylation is 3. The Kier molecular flexibility index (Phi) is 6.05. The molecule has 1 aromatic heterocycles. The van der Waals surface area contributed by atoms with E-state index in [9.17, 15) is 9.59 Å². The van der Waals surface area contributed by atoms with Gasteiger partial charge in [-0.05, 0) is 49.1 Å². The van der Waals surface area contributed by atoms with Gasteiger partial charge in [-0.25, -0.2) is 0 Å². The SMILES string of the molecule is CCc1ccc2c(CC(=O)OCC(=O)Nc3c(C)cc(C)cc3Cl)coc2c1. The number of esters is 1. The number of furan rings is 1. The Morgan fingerprint density at radius 1 is 1.18 bits per heavy atom. The number of halogens is 1. The molecule has 5 nitrogen and oxygen atoms in total. The molecule has 0 aliphatic carbocycles. The first-order valence-electron chi connectivity index (χ1n) is 9.08. The number of carbonyl (C=O) groups excluding carboxylic acids is 2. The van der Waals surface area contributed by atoms with Gasteiger partial charge < -0.3 is 14.5 Å². The lowest BCUT2D eigenvalue weighted by Crippen LogP contribution is -2.22. The first kappa shape index (κ1) is 20.0. The maximum atomic E-state index is 12.1. The van der Waals surface area contributed by atoms with Gasteiger partial charge in [0, 0.05) is 10.9 Å². The van der Waals surface area contributed by atoms with E-state index in [1.54, 1.807) is 12.3 Å². The fourth-order valence-corrected chi connectivity index (χ4v) is 3.45. The Balaban J connectivity index is 1.58. The predicted octanol–water partition coefficient (Wildman–Crippen LogP) is 4.99. The lowest BCUT2D eigenvalue weighted by Gasteiger charge is -2.11. The molecular weight excluding hydrogens is 378 g/mol. The molecule has 28 heavy (non-hydrogen) atoms. The molecule has 1 N–H and O–H groups in total. The highest BCUT2D eigenvalue weighted by Gasteiger charge is 2.15. The van der Waals surface area contributed by atoms with Crippen LogP contribution in [0, 0.1) is 13.8 Å². The number of nitrogens with one attached hydrogen (secondary N) is 1. The molecule has 1 heterocycles. The van der Waals surface area contributed by atoms with Crippen LogP contribution >= 0.6 is 11.6 Å². The Bertz CT molecular complexity index is 1020. The molecule has 0 aliphatic heterocycles. The smallest absolute Gasteiger partial charge is 0.310 e. The zero-order valence-electron chi connectivity index (χ0n) is 16.1. The summed E-state index contributed by atoms with van der Waals surface area (Å²) in [5.74, 6) is -0.934. The van der Waals surface area contributed by atoms with Crippen molar-refractivity contribution in [3.05, 3.63) is 63.9 Å². The Hall–Kier alpha value is -2.79. The Morgan fingerprint density at radius 2 is 1.96 bits per heavy atom. The topological polar surface area (TPSA) is 68.5 Å². The molecule has 0 saturated heterocycles. The van der Waals surface area contributed by atoms with Crippen LogP contribution in [0.4, 0.5) is 5.69 Å². The van der Waals surface area contributed by atoms with Gasteiger partial charge in [-0.2, -0.15) is 0 Å². The Morgan fingerprint density at radius 3 is 2.68 bits per heavy atom. The molecule has 146 valence electrons. The monoisotopic (exact) mass is 399 g/mol. The van der Waals surface area contributed by atoms with E-state index in [2.05, 4.69) is 12.2 Å². The van der Waals surface area contributed by atoms with Crippen LogP contribution in [-0.2, 0) is 27.2 Å². The first-order valence-corrected chi connectivity index (χ1v) is 9.46. The van der Waals surface area contributed by atoms with Crippen molar-refractivity contribution in [2.24, 2.45) is 0 Å². The third kappa shape index (κ3) is 4.54. The molecule has 0 spiro atoms. The Labute approximate surface area is 168 Å². The number of ether oxygens (including phenoxy) is 1. The maximum absolute atomic E-state index is 12.1. The molecule has 1 amide bonds. The highest BCUT2D eigenvalue weighted by atomic mass is 35.5. The lowest BCUT2D eigenvalue weighted by atomic mass is 10.1. The van der Waals surface area contributed by atoms with E-state index in [4.69, 9.17) is 20.8 Å². The van der Waals surface area contributed by atoms with Crippen molar-refractivity contribution in [3.63, 3.8) is 0 Å². The normalized spacial score (nSPS) is 10.9. The molecule has 0 aliphatic rings. The van der Waals surface area contributed by atoms with Crippen molar-refractivity contribution < 1.29 is 18.7 Å². The van der Waals surface area contributed by atoms with Gasteiger partial charge in [0.1, 0.15) is 5.58 Å². The van der Waals surface area contributed by atoms with Crippen LogP contribution in [0.1, 0.15) is 29.2 Å². The molecule has 2 aromatic carbocycles. The van der Waals surface area contributed by atoms with Crippen molar-refractivity contribution in [1.29, 1.82) is 0 Å². The van der Waals surface area contributed by atoms with E-state index in [1.807, 2.05) is 38.1 Å². The van der Waals surface area contributed by atoms with E-state index in [0.717, 1.165) is 39.6 Å². The van der Waals surface area contributed by atoms with Crippen LogP contribution in [0.25, 0.3) is 11.0 Å². The van der Waals surface area contributed by atoms with Crippen LogP contribution in [0.15, 0.2) is 41.0 Å². The third-order valence-electron chi connectivity index (χ3n) is 4.52. The van der Waals surface area contributed by atoms with E-state index < -0.39 is 11.9 Å². The minimum absolute atomic E-state index is 0.0378. The molecular formula is C22H22ClNO4. The summed E-state index contributed by atoms with van der Waals surface area (Å²) in [6.45, 7) is 5.47. The van der Waals surface area contributed by atoms with E-state index in [-0.39, 0.29) is 13.0 Å². The van der Waals surface area contributed by atoms with E-state index in [0.29, 0.717) is 10.7 Å². The highest BCUT2D eigenvalue weighted by Crippen LogP contribution is 2.27. The van der Waals surface area contributed by atoms with Crippen LogP contribution in [-0.4, -0.2) is 18.5 Å². The predicted molar refractivity (Wildman–Crippen MR) is 110 cm³/mol. The second kappa shape index (κ2) is 8.48. The quantitative estimate of drug-likeness (QED) is 0.593. The second-order valence-electron chi connectivity index (χ2n) is 6.77. The van der Waals surface area contributed by atoms with Crippen molar-refractivity contribution in [1.82, 2.24) is 0 Å². The zero-order chi connectivity index (χ0) is 20.3. The summed E-state index contributed by atoms with van der Waals surface area (Å²) in [7, 11) is 0. The average molecular weight is 400 g/mol. The minimum Gasteiger partial charge on any atom is -0.464 e. The number of benzene rings is 2. The minimum atomic E-state index is -0.496. The summed E-state index contributed by atoms with van der Waals surface area (Å²) in [4.78, 5) is 24.3. The fraction of sp³-hybridized carbons (Fsp3) is 0.273. The van der Waals surface area contributed by atoms with Crippen molar-refractivity contribution in [3.8, 4) is 0 Å². The molecule has 0 fully saturated rings. The summed E-state index contributed by atoms with van der Waals surface area (Å²) in [6.07, 6.45) is 2.50. The van der Waals surface area contributed by atoms with Gasteiger partial charge in [0.15, 0.2) is 6.61 Å². The van der Waals surface area contributed by atoms with Crippen molar-refractivity contribution in [2.45, 2.75) is 33.6 Å². The van der Waals surface area contributed by atoms with E-state index >= 15 is 0 Å². The molecule has 3 aromatic rings. The number of hydrogen-bond acceptors (Lipinski definition) is 4. The van der Waals surface area contributed by atoms with Gasteiger partial charge in [-0.3, -0.25) is 9.59 Å². The zero-order valence-corrected chi connectivity index (χ0v) is 16.9. The number of anilines is 1. The fourth-order valence-electron chi connectivity index (χ4n) is 3.09. The van der Waals surface area contributed by atoms with Crippen molar-refractivity contribution in [2.75, 3.05) is 11.9 Å². The summed E-state index contributed by atoms with van der Waals surface area (Å²) < 4.78 is 10.6. The summed E-state index contributed by atoms with van der Waals surface area (Å²) in [5.41, 5.74) is 5.02. The lowest BCUT2D eigenvalue weighted by molar-refractivity contribution is -0.146. The standard InChI is InChI=1S/C22H22ClNO4/c1-4-15-5-6-17-16(11-27-19(17)9-15)10-21(26)28-12-20(25)24-22-14(3)7-13(2)8-18(22)23/h5-9,11H,4,10,12H2,1-3H3,(H,24,25). The molecule has 0 saturated carbocycles.